The first-order chi connectivity index (χ1) is 29.9. The van der Waals surface area contributed by atoms with Crippen LogP contribution in [0.15, 0.2) is 127 Å². The Morgan fingerprint density at radius 1 is 0.422 bits per heavy atom. The second-order valence-corrected chi connectivity index (χ2v) is 24.5. The average molecular weight is 844 g/mol. The van der Waals surface area contributed by atoms with E-state index in [0.717, 1.165) is 6.42 Å². The van der Waals surface area contributed by atoms with Crippen LogP contribution in [0, 0.1) is 10.8 Å². The molecule has 0 spiro atoms. The first-order valence-corrected chi connectivity index (χ1v) is 24.0. The van der Waals surface area contributed by atoms with Crippen LogP contribution in [0.2, 0.25) is 0 Å². The summed E-state index contributed by atoms with van der Waals surface area (Å²) < 4.78 is 0. The Kier molecular flexibility index (Phi) is 9.12. The summed E-state index contributed by atoms with van der Waals surface area (Å²) in [6.45, 7) is 36.6. The van der Waals surface area contributed by atoms with Crippen molar-refractivity contribution in [3.63, 3.8) is 0 Å². The number of benzene rings is 6. The maximum Gasteiger partial charge on any atom is 0.252 e. The van der Waals surface area contributed by atoms with Gasteiger partial charge in [-0.15, -0.1) is 0 Å². The first kappa shape index (κ1) is 42.7. The molecule has 3 nitrogen and oxygen atoms in total. The standard InChI is InChI=1S/C60H70BN3/c1-54(2,3)39-25-29-43(30-26-39)63-50-32-28-41(56(7,8)9)36-47(50)61-46-23-19-20-24-49(46)62(42-21-17-16-18-22-42)51-37-44(38-52(63)53(51)61)64-48-31-27-40(55(4,5)6)35-45(48)59(14)57(10,11)33-34-58(12,13)60(59,64)15/h16-32,35-38H,33-34H2,1-15H3. The number of hydrogen-bond donors (Lipinski definition) is 0. The number of anilines is 8. The highest BCUT2D eigenvalue weighted by Crippen LogP contribution is 2.72. The Morgan fingerprint density at radius 3 is 1.50 bits per heavy atom. The second-order valence-electron chi connectivity index (χ2n) is 24.5. The van der Waals surface area contributed by atoms with Crippen LogP contribution in [0.5, 0.6) is 0 Å². The maximum atomic E-state index is 2.84. The van der Waals surface area contributed by atoms with Gasteiger partial charge in [0, 0.05) is 50.9 Å². The van der Waals surface area contributed by atoms with Crippen LogP contribution in [-0.4, -0.2) is 12.3 Å². The summed E-state index contributed by atoms with van der Waals surface area (Å²) in [6.07, 6.45) is 2.34. The van der Waals surface area contributed by atoms with Crippen LogP contribution in [0.25, 0.3) is 0 Å². The lowest BCUT2D eigenvalue weighted by molar-refractivity contribution is -0.0415. The lowest BCUT2D eigenvalue weighted by Gasteiger charge is -2.65. The first-order valence-electron chi connectivity index (χ1n) is 24.0. The van der Waals surface area contributed by atoms with Crippen molar-refractivity contribution in [3.8, 4) is 0 Å². The third-order valence-corrected chi connectivity index (χ3v) is 17.2. The SMILES string of the molecule is CC(C)(C)c1ccc(N2c3ccc(C(C)(C)C)cc3B3c4ccccc4N(c4ccccc4)c4cc(N5c6ccc(C(C)(C)C)cc6C6(C)C(C)(C)CCC(C)(C)C56C)cc2c43)cc1. The molecule has 0 radical (unpaired) electrons. The molecular weight excluding hydrogens is 773 g/mol. The van der Waals surface area contributed by atoms with E-state index in [-0.39, 0.29) is 44.7 Å². The van der Waals surface area contributed by atoms with Gasteiger partial charge < -0.3 is 14.7 Å². The summed E-state index contributed by atoms with van der Waals surface area (Å²) in [6, 6.07) is 49.8. The van der Waals surface area contributed by atoms with Crippen molar-refractivity contribution in [3.05, 3.63) is 150 Å². The quantitative estimate of drug-likeness (QED) is 0.164. The topological polar surface area (TPSA) is 9.72 Å². The largest absolute Gasteiger partial charge is 0.334 e. The van der Waals surface area contributed by atoms with Gasteiger partial charge in [0.1, 0.15) is 0 Å². The van der Waals surface area contributed by atoms with Crippen molar-refractivity contribution in [2.24, 2.45) is 10.8 Å². The fourth-order valence-corrected chi connectivity index (χ4v) is 12.6. The molecule has 2 atom stereocenters. The van der Waals surface area contributed by atoms with Gasteiger partial charge in [-0.25, -0.2) is 0 Å². The van der Waals surface area contributed by atoms with Crippen LogP contribution in [0.3, 0.4) is 0 Å². The van der Waals surface area contributed by atoms with E-state index in [4.69, 9.17) is 0 Å². The van der Waals surface area contributed by atoms with E-state index in [0.29, 0.717) is 0 Å². The van der Waals surface area contributed by atoms with E-state index in [1.165, 1.54) is 90.6 Å². The van der Waals surface area contributed by atoms with E-state index in [1.54, 1.807) is 0 Å². The molecule has 1 aliphatic carbocycles. The van der Waals surface area contributed by atoms with Crippen molar-refractivity contribution in [1.29, 1.82) is 0 Å². The molecule has 3 aliphatic heterocycles. The lowest BCUT2D eigenvalue weighted by atomic mass is 9.33. The number of rotatable bonds is 3. The summed E-state index contributed by atoms with van der Waals surface area (Å²) >= 11 is 0. The smallest absolute Gasteiger partial charge is 0.252 e. The van der Waals surface area contributed by atoms with Crippen LogP contribution in [-0.2, 0) is 21.7 Å². The molecule has 1 saturated carbocycles. The Bertz CT molecular complexity index is 2830. The van der Waals surface area contributed by atoms with Crippen LogP contribution >= 0.6 is 0 Å². The van der Waals surface area contributed by atoms with E-state index >= 15 is 0 Å². The molecular formula is C60H70BN3. The lowest BCUT2D eigenvalue weighted by Crippen LogP contribution is -2.69. The molecule has 2 unspecified atom stereocenters. The summed E-state index contributed by atoms with van der Waals surface area (Å²) in [7, 11) is 0. The zero-order valence-corrected chi connectivity index (χ0v) is 41.5. The van der Waals surface area contributed by atoms with Gasteiger partial charge in [0.25, 0.3) is 6.71 Å². The third-order valence-electron chi connectivity index (χ3n) is 17.2. The Labute approximate surface area is 386 Å². The molecule has 0 bridgehead atoms. The second kappa shape index (κ2) is 13.7. The van der Waals surface area contributed by atoms with E-state index in [2.05, 4.69) is 246 Å². The van der Waals surface area contributed by atoms with Crippen LogP contribution < -0.4 is 31.1 Å². The molecule has 328 valence electrons. The number of nitrogens with zero attached hydrogens (tertiary/aromatic N) is 3. The van der Waals surface area contributed by atoms with Crippen molar-refractivity contribution in [2.75, 3.05) is 14.7 Å². The molecule has 64 heavy (non-hydrogen) atoms. The monoisotopic (exact) mass is 844 g/mol. The fraction of sp³-hybridized carbons (Fsp3) is 0.400. The van der Waals surface area contributed by atoms with Crippen molar-refractivity contribution in [2.45, 2.75) is 144 Å². The Hall–Kier alpha value is -5.22. The van der Waals surface area contributed by atoms with E-state index in [9.17, 15) is 0 Å². The van der Waals surface area contributed by atoms with Crippen molar-refractivity contribution < 1.29 is 0 Å². The highest BCUT2D eigenvalue weighted by molar-refractivity contribution is 7.00. The molecule has 0 N–H and O–H groups in total. The predicted octanol–water partition coefficient (Wildman–Crippen LogP) is 14.7. The maximum absolute atomic E-state index is 2.84. The van der Waals surface area contributed by atoms with Gasteiger partial charge in [0.15, 0.2) is 0 Å². The fourth-order valence-electron chi connectivity index (χ4n) is 12.6. The van der Waals surface area contributed by atoms with Gasteiger partial charge in [-0.05, 0) is 140 Å². The molecule has 0 saturated heterocycles. The van der Waals surface area contributed by atoms with Gasteiger partial charge in [-0.1, -0.05) is 170 Å². The van der Waals surface area contributed by atoms with Gasteiger partial charge in [-0.2, -0.15) is 0 Å². The molecule has 0 amide bonds. The average Bonchev–Trinajstić information content (AvgIpc) is 3.46. The molecule has 1 fully saturated rings. The summed E-state index contributed by atoms with van der Waals surface area (Å²) in [5.74, 6) is 0. The van der Waals surface area contributed by atoms with Gasteiger partial charge in [0.05, 0.1) is 5.54 Å². The zero-order chi connectivity index (χ0) is 45.7. The number of fused-ring (bicyclic) bond motifs is 7. The minimum atomic E-state index is -0.265. The minimum Gasteiger partial charge on any atom is -0.334 e. The van der Waals surface area contributed by atoms with E-state index in [1.807, 2.05) is 0 Å². The number of para-hydroxylation sites is 2. The van der Waals surface area contributed by atoms with Gasteiger partial charge >= 0.3 is 0 Å². The van der Waals surface area contributed by atoms with Crippen LogP contribution in [0.4, 0.5) is 45.5 Å². The Balaban J connectivity index is 1.35. The molecule has 4 aliphatic rings. The highest BCUT2D eigenvalue weighted by atomic mass is 15.3. The molecule has 6 aromatic carbocycles. The third kappa shape index (κ3) is 5.85. The minimum absolute atomic E-state index is 0.00981. The summed E-state index contributed by atoms with van der Waals surface area (Å²) in [4.78, 5) is 8.02. The van der Waals surface area contributed by atoms with Crippen LogP contribution in [0.1, 0.15) is 139 Å². The highest BCUT2D eigenvalue weighted by Gasteiger charge is 2.70. The summed E-state index contributed by atoms with van der Waals surface area (Å²) in [5, 5.41) is 0. The Morgan fingerprint density at radius 2 is 0.906 bits per heavy atom. The predicted molar refractivity (Wildman–Crippen MR) is 278 cm³/mol. The molecule has 6 aromatic rings. The van der Waals surface area contributed by atoms with E-state index < -0.39 is 0 Å². The van der Waals surface area contributed by atoms with Crippen molar-refractivity contribution in [1.82, 2.24) is 0 Å². The molecule has 4 heteroatoms. The summed E-state index contributed by atoms with van der Waals surface area (Å²) in [5.41, 5.74) is 19.3. The van der Waals surface area contributed by atoms with Gasteiger partial charge in [-0.3, -0.25) is 0 Å². The number of hydrogen-bond acceptors (Lipinski definition) is 3. The molecule has 10 rings (SSSR count). The van der Waals surface area contributed by atoms with Crippen molar-refractivity contribution >= 4 is 68.6 Å². The van der Waals surface area contributed by atoms with Gasteiger partial charge in [0.2, 0.25) is 0 Å². The normalized spacial score (nSPS) is 21.8. The molecule has 3 heterocycles. The molecule has 0 aromatic heterocycles. The zero-order valence-electron chi connectivity index (χ0n) is 41.5.